The Labute approximate surface area is 120 Å². The van der Waals surface area contributed by atoms with E-state index >= 15 is 0 Å². The van der Waals surface area contributed by atoms with E-state index in [4.69, 9.17) is 0 Å². The first-order chi connectivity index (χ1) is 8.85. The van der Waals surface area contributed by atoms with Crippen LogP contribution in [0.5, 0.6) is 0 Å². The molecule has 2 unspecified atom stereocenters. The quantitative estimate of drug-likeness (QED) is 0.729. The van der Waals surface area contributed by atoms with E-state index < -0.39 is 0 Å². The third-order valence-corrected chi connectivity index (χ3v) is 4.61. The van der Waals surface area contributed by atoms with Gasteiger partial charge in [-0.2, -0.15) is 0 Å². The summed E-state index contributed by atoms with van der Waals surface area (Å²) in [5, 5.41) is 3.64. The molecule has 1 saturated heterocycles. The van der Waals surface area contributed by atoms with Gasteiger partial charge in [-0.3, -0.25) is 0 Å². The van der Waals surface area contributed by atoms with Crippen molar-refractivity contribution in [2.24, 2.45) is 11.3 Å². The highest BCUT2D eigenvalue weighted by Crippen LogP contribution is 2.23. The predicted molar refractivity (Wildman–Crippen MR) is 84.6 cm³/mol. The Kier molecular flexibility index (Phi) is 6.78. The minimum atomic E-state index is 0.328. The predicted octanol–water partition coefficient (Wildman–Crippen LogP) is 2.28. The standard InChI is InChI=1S/C16H35N3/c1-7-9-17-14(2)16(3,4)13-19(6)12-15-8-10-18(5)11-15/h14-15,17H,7-13H2,1-6H3. The monoisotopic (exact) mass is 269 g/mol. The van der Waals surface area contributed by atoms with Crippen molar-refractivity contribution >= 4 is 0 Å². The van der Waals surface area contributed by atoms with Crippen LogP contribution in [0, 0.1) is 11.3 Å². The fourth-order valence-corrected chi connectivity index (χ4v) is 3.15. The maximum Gasteiger partial charge on any atom is 0.0102 e. The number of rotatable bonds is 8. The van der Waals surface area contributed by atoms with E-state index in [9.17, 15) is 0 Å². The Morgan fingerprint density at radius 3 is 2.63 bits per heavy atom. The first-order valence-corrected chi connectivity index (χ1v) is 7.95. The second kappa shape index (κ2) is 7.61. The fraction of sp³-hybridized carbons (Fsp3) is 1.00. The molecule has 0 aromatic heterocycles. The van der Waals surface area contributed by atoms with E-state index in [-0.39, 0.29) is 0 Å². The molecule has 0 radical (unpaired) electrons. The zero-order valence-corrected chi connectivity index (χ0v) is 14.0. The van der Waals surface area contributed by atoms with Crippen molar-refractivity contribution in [1.82, 2.24) is 15.1 Å². The average molecular weight is 269 g/mol. The molecule has 0 amide bonds. The molecule has 0 aromatic carbocycles. The number of nitrogens with one attached hydrogen (secondary N) is 1. The second-order valence-corrected chi connectivity index (χ2v) is 7.28. The van der Waals surface area contributed by atoms with Gasteiger partial charge in [-0.25, -0.2) is 0 Å². The molecule has 0 saturated carbocycles. The van der Waals surface area contributed by atoms with Gasteiger partial charge in [-0.15, -0.1) is 0 Å². The lowest BCUT2D eigenvalue weighted by atomic mass is 9.84. The lowest BCUT2D eigenvalue weighted by Gasteiger charge is -2.37. The van der Waals surface area contributed by atoms with Gasteiger partial charge in [-0.05, 0) is 58.3 Å². The molecule has 19 heavy (non-hydrogen) atoms. The summed E-state index contributed by atoms with van der Waals surface area (Å²) in [7, 11) is 4.52. The van der Waals surface area contributed by atoms with E-state index in [2.05, 4.69) is 56.9 Å². The van der Waals surface area contributed by atoms with Crippen molar-refractivity contribution in [1.29, 1.82) is 0 Å². The van der Waals surface area contributed by atoms with Crippen molar-refractivity contribution in [3.05, 3.63) is 0 Å². The van der Waals surface area contributed by atoms with Gasteiger partial charge in [-0.1, -0.05) is 20.8 Å². The molecule has 0 aromatic rings. The minimum Gasteiger partial charge on any atom is -0.314 e. The number of likely N-dealkylation sites (tertiary alicyclic amines) is 1. The lowest BCUT2D eigenvalue weighted by Crippen LogP contribution is -2.47. The lowest BCUT2D eigenvalue weighted by molar-refractivity contribution is 0.150. The van der Waals surface area contributed by atoms with Gasteiger partial charge >= 0.3 is 0 Å². The topological polar surface area (TPSA) is 18.5 Å². The molecule has 2 atom stereocenters. The Morgan fingerprint density at radius 1 is 1.42 bits per heavy atom. The number of nitrogens with zero attached hydrogens (tertiary/aromatic N) is 2. The molecule has 1 heterocycles. The van der Waals surface area contributed by atoms with E-state index in [1.165, 1.54) is 39.0 Å². The maximum absolute atomic E-state index is 3.64. The van der Waals surface area contributed by atoms with Gasteiger partial charge in [0, 0.05) is 25.7 Å². The Balaban J connectivity index is 2.34. The molecule has 114 valence electrons. The van der Waals surface area contributed by atoms with Crippen LogP contribution in [0.25, 0.3) is 0 Å². The summed E-state index contributed by atoms with van der Waals surface area (Å²) < 4.78 is 0. The molecule has 3 heteroatoms. The van der Waals surface area contributed by atoms with Crippen LogP contribution in [0.1, 0.15) is 40.5 Å². The van der Waals surface area contributed by atoms with Crippen LogP contribution in [0.3, 0.4) is 0 Å². The summed E-state index contributed by atoms with van der Waals surface area (Å²) in [6.45, 7) is 15.4. The van der Waals surface area contributed by atoms with E-state index in [0.717, 1.165) is 12.5 Å². The largest absolute Gasteiger partial charge is 0.314 e. The molecular formula is C16H35N3. The van der Waals surface area contributed by atoms with Crippen molar-refractivity contribution in [2.45, 2.75) is 46.6 Å². The molecule has 0 spiro atoms. The molecule has 0 aliphatic carbocycles. The van der Waals surface area contributed by atoms with Crippen molar-refractivity contribution in [2.75, 3.05) is 46.8 Å². The smallest absolute Gasteiger partial charge is 0.0102 e. The normalized spacial score (nSPS) is 23.2. The summed E-state index contributed by atoms with van der Waals surface area (Å²) in [6, 6.07) is 0.571. The van der Waals surface area contributed by atoms with Crippen LogP contribution in [0.15, 0.2) is 0 Å². The summed E-state index contributed by atoms with van der Waals surface area (Å²) >= 11 is 0. The highest BCUT2D eigenvalue weighted by molar-refractivity contribution is 4.84. The zero-order valence-electron chi connectivity index (χ0n) is 14.0. The molecule has 1 aliphatic rings. The Hall–Kier alpha value is -0.120. The third-order valence-electron chi connectivity index (χ3n) is 4.61. The van der Waals surface area contributed by atoms with E-state index in [1.54, 1.807) is 0 Å². The van der Waals surface area contributed by atoms with Crippen molar-refractivity contribution < 1.29 is 0 Å². The first-order valence-electron chi connectivity index (χ1n) is 7.95. The number of hydrogen-bond acceptors (Lipinski definition) is 3. The fourth-order valence-electron chi connectivity index (χ4n) is 3.15. The molecule has 1 N–H and O–H groups in total. The molecule has 0 bridgehead atoms. The highest BCUT2D eigenvalue weighted by Gasteiger charge is 2.28. The van der Waals surface area contributed by atoms with Crippen LogP contribution in [-0.2, 0) is 0 Å². The van der Waals surface area contributed by atoms with Gasteiger partial charge in [0.2, 0.25) is 0 Å². The molecule has 1 fully saturated rings. The van der Waals surface area contributed by atoms with Crippen molar-refractivity contribution in [3.8, 4) is 0 Å². The highest BCUT2D eigenvalue weighted by atomic mass is 15.2. The molecule has 3 nitrogen and oxygen atoms in total. The summed E-state index contributed by atoms with van der Waals surface area (Å²) in [5.74, 6) is 0.865. The van der Waals surface area contributed by atoms with Gasteiger partial charge in [0.25, 0.3) is 0 Å². The van der Waals surface area contributed by atoms with Crippen LogP contribution in [0.4, 0.5) is 0 Å². The van der Waals surface area contributed by atoms with Crippen molar-refractivity contribution in [3.63, 3.8) is 0 Å². The minimum absolute atomic E-state index is 0.328. The number of hydrogen-bond donors (Lipinski definition) is 1. The SMILES string of the molecule is CCCNC(C)C(C)(C)CN(C)CC1CCN(C)C1. The first kappa shape index (κ1) is 16.9. The molecule has 1 rings (SSSR count). The maximum atomic E-state index is 3.64. The van der Waals surface area contributed by atoms with Crippen LogP contribution >= 0.6 is 0 Å². The second-order valence-electron chi connectivity index (χ2n) is 7.28. The third kappa shape index (κ3) is 5.80. The van der Waals surface area contributed by atoms with Gasteiger partial charge in [0.1, 0.15) is 0 Å². The van der Waals surface area contributed by atoms with E-state index in [0.29, 0.717) is 11.5 Å². The Bertz CT molecular complexity index is 252. The zero-order chi connectivity index (χ0) is 14.5. The summed E-state index contributed by atoms with van der Waals surface area (Å²) in [6.07, 6.45) is 2.58. The van der Waals surface area contributed by atoms with Crippen LogP contribution in [0.2, 0.25) is 0 Å². The summed E-state index contributed by atoms with van der Waals surface area (Å²) in [4.78, 5) is 4.99. The summed E-state index contributed by atoms with van der Waals surface area (Å²) in [5.41, 5.74) is 0.328. The average Bonchev–Trinajstić information content (AvgIpc) is 2.70. The Morgan fingerprint density at radius 2 is 2.11 bits per heavy atom. The molecular weight excluding hydrogens is 234 g/mol. The van der Waals surface area contributed by atoms with Gasteiger partial charge in [0.15, 0.2) is 0 Å². The van der Waals surface area contributed by atoms with Crippen LogP contribution < -0.4 is 5.32 Å². The molecule has 1 aliphatic heterocycles. The van der Waals surface area contributed by atoms with E-state index in [1.807, 2.05) is 0 Å². The van der Waals surface area contributed by atoms with Crippen LogP contribution in [-0.4, -0.2) is 62.7 Å². The van der Waals surface area contributed by atoms with Gasteiger partial charge < -0.3 is 15.1 Å². The van der Waals surface area contributed by atoms with Gasteiger partial charge in [0.05, 0.1) is 0 Å².